The van der Waals surface area contributed by atoms with E-state index in [-0.39, 0.29) is 11.7 Å². The first-order valence-corrected chi connectivity index (χ1v) is 10.1. The molecule has 2 aromatic heterocycles. The van der Waals surface area contributed by atoms with Crippen LogP contribution in [0.3, 0.4) is 0 Å². The third-order valence-corrected chi connectivity index (χ3v) is 5.50. The molecule has 7 heteroatoms. The summed E-state index contributed by atoms with van der Waals surface area (Å²) in [5.41, 5.74) is 1.73. The maximum Gasteiger partial charge on any atom is 0.266 e. The molecule has 0 unspecified atom stereocenters. The van der Waals surface area contributed by atoms with E-state index in [9.17, 15) is 5.11 Å². The van der Waals surface area contributed by atoms with Gasteiger partial charge in [-0.3, -0.25) is 0 Å². The molecule has 3 heterocycles. The predicted molar refractivity (Wildman–Crippen MR) is 109 cm³/mol. The fourth-order valence-electron chi connectivity index (χ4n) is 3.76. The minimum atomic E-state index is 0.189. The van der Waals surface area contributed by atoms with E-state index in [2.05, 4.69) is 34.2 Å². The van der Waals surface area contributed by atoms with E-state index in [0.717, 1.165) is 49.0 Å². The number of nitrogens with zero attached hydrogens (tertiary/aromatic N) is 3. The van der Waals surface area contributed by atoms with Gasteiger partial charge in [-0.25, -0.2) is 0 Å². The largest absolute Gasteiger partial charge is 0.504 e. The van der Waals surface area contributed by atoms with Crippen LogP contribution in [-0.2, 0) is 0 Å². The highest BCUT2D eigenvalue weighted by Gasteiger charge is 2.23. The van der Waals surface area contributed by atoms with Gasteiger partial charge in [0.2, 0.25) is 5.89 Å². The van der Waals surface area contributed by atoms with E-state index in [1.807, 2.05) is 18.2 Å². The molecule has 0 amide bonds. The average Bonchev–Trinajstić information content (AvgIpc) is 3.33. The number of furan rings is 1. The summed E-state index contributed by atoms with van der Waals surface area (Å²) < 4.78 is 10.7. The minimum absolute atomic E-state index is 0.189. The van der Waals surface area contributed by atoms with Crippen molar-refractivity contribution in [3.8, 4) is 5.75 Å². The number of benzene rings is 1. The maximum atomic E-state index is 9.65. The van der Waals surface area contributed by atoms with Crippen LogP contribution in [0.1, 0.15) is 51.3 Å². The molecule has 1 aliphatic rings. The molecule has 1 fully saturated rings. The number of fused-ring (bicyclic) bond motifs is 1. The first-order chi connectivity index (χ1) is 13.6. The molecule has 0 bridgehead atoms. The summed E-state index contributed by atoms with van der Waals surface area (Å²) in [5.74, 6) is 2.66. The van der Waals surface area contributed by atoms with Crippen molar-refractivity contribution in [1.29, 1.82) is 0 Å². The van der Waals surface area contributed by atoms with E-state index in [4.69, 9.17) is 8.94 Å². The van der Waals surface area contributed by atoms with Gasteiger partial charge >= 0.3 is 0 Å². The summed E-state index contributed by atoms with van der Waals surface area (Å²) in [4.78, 5) is 6.74. The molecule has 2 N–H and O–H groups in total. The Hall–Kier alpha value is -2.70. The van der Waals surface area contributed by atoms with E-state index in [0.29, 0.717) is 11.5 Å². The van der Waals surface area contributed by atoms with Gasteiger partial charge in [-0.2, -0.15) is 4.98 Å². The van der Waals surface area contributed by atoms with Crippen molar-refractivity contribution in [1.82, 2.24) is 10.1 Å². The quantitative estimate of drug-likeness (QED) is 0.568. The van der Waals surface area contributed by atoms with Crippen molar-refractivity contribution in [2.45, 2.75) is 45.4 Å². The summed E-state index contributed by atoms with van der Waals surface area (Å²) in [6.07, 6.45) is 6.06. The molecule has 4 rings (SSSR count). The summed E-state index contributed by atoms with van der Waals surface area (Å²) in [7, 11) is 0. The fraction of sp³-hybridized carbons (Fsp3) is 0.524. The van der Waals surface area contributed by atoms with Gasteiger partial charge in [0, 0.05) is 37.3 Å². The Labute approximate surface area is 164 Å². The monoisotopic (exact) mass is 384 g/mol. The van der Waals surface area contributed by atoms with Crippen LogP contribution in [0.25, 0.3) is 11.0 Å². The van der Waals surface area contributed by atoms with Crippen LogP contribution in [0.2, 0.25) is 0 Å². The number of nitrogens with one attached hydrogen (secondary N) is 1. The van der Waals surface area contributed by atoms with Crippen molar-refractivity contribution in [3.05, 3.63) is 30.4 Å². The molecule has 1 aliphatic heterocycles. The number of hydrogen-bond acceptors (Lipinski definition) is 7. The second-order valence-corrected chi connectivity index (χ2v) is 7.92. The summed E-state index contributed by atoms with van der Waals surface area (Å²) in [5, 5.41) is 18.0. The zero-order valence-corrected chi connectivity index (χ0v) is 16.5. The SMILES string of the molecule is CC(C)c1nc(N2CCC(CCCNc3ccc4c(O)coc4c3)CC2)no1. The summed E-state index contributed by atoms with van der Waals surface area (Å²) >= 11 is 0. The third kappa shape index (κ3) is 4.08. The number of rotatable bonds is 7. The van der Waals surface area contributed by atoms with Crippen LogP contribution in [0, 0.1) is 5.92 Å². The van der Waals surface area contributed by atoms with Crippen LogP contribution in [0.5, 0.6) is 5.75 Å². The molecule has 1 saturated heterocycles. The van der Waals surface area contributed by atoms with Gasteiger partial charge in [0.25, 0.3) is 5.95 Å². The standard InChI is InChI=1S/C21H28N4O3/c1-14(2)20-23-21(24-28-20)25-10-7-15(8-11-25)4-3-9-22-16-5-6-17-18(26)13-27-19(17)12-16/h5-6,12-15,22,26H,3-4,7-11H2,1-2H3. The predicted octanol–water partition coefficient (Wildman–Crippen LogP) is 4.75. The van der Waals surface area contributed by atoms with Gasteiger partial charge in [0.1, 0.15) is 11.8 Å². The molecule has 0 saturated carbocycles. The zero-order valence-electron chi connectivity index (χ0n) is 16.5. The topological polar surface area (TPSA) is 87.6 Å². The van der Waals surface area contributed by atoms with E-state index in [1.165, 1.54) is 25.5 Å². The highest BCUT2D eigenvalue weighted by atomic mass is 16.5. The summed E-state index contributed by atoms with van der Waals surface area (Å²) in [6.45, 7) is 7.05. The number of aromatic nitrogens is 2. The Bertz CT molecular complexity index is 909. The third-order valence-electron chi connectivity index (χ3n) is 5.50. The highest BCUT2D eigenvalue weighted by molar-refractivity contribution is 5.86. The Balaban J connectivity index is 1.19. The minimum Gasteiger partial charge on any atom is -0.504 e. The molecule has 0 aliphatic carbocycles. The molecule has 0 radical (unpaired) electrons. The Morgan fingerprint density at radius 2 is 2.11 bits per heavy atom. The van der Waals surface area contributed by atoms with Crippen LogP contribution >= 0.6 is 0 Å². The molecular weight excluding hydrogens is 356 g/mol. The first-order valence-electron chi connectivity index (χ1n) is 10.1. The maximum absolute atomic E-state index is 9.65. The number of hydrogen-bond donors (Lipinski definition) is 2. The fourth-order valence-corrected chi connectivity index (χ4v) is 3.76. The van der Waals surface area contributed by atoms with E-state index < -0.39 is 0 Å². The Morgan fingerprint density at radius 1 is 1.29 bits per heavy atom. The van der Waals surface area contributed by atoms with Gasteiger partial charge < -0.3 is 24.3 Å². The van der Waals surface area contributed by atoms with Crippen molar-refractivity contribution in [2.75, 3.05) is 29.9 Å². The molecule has 3 aromatic rings. The number of aromatic hydroxyl groups is 1. The number of piperidine rings is 1. The van der Waals surface area contributed by atoms with E-state index >= 15 is 0 Å². The molecule has 150 valence electrons. The first kappa shape index (κ1) is 18.7. The molecule has 28 heavy (non-hydrogen) atoms. The smallest absolute Gasteiger partial charge is 0.266 e. The second-order valence-electron chi connectivity index (χ2n) is 7.92. The molecular formula is C21H28N4O3. The Kier molecular flexibility index (Phi) is 5.41. The van der Waals surface area contributed by atoms with Gasteiger partial charge in [-0.15, -0.1) is 0 Å². The number of anilines is 2. The van der Waals surface area contributed by atoms with Crippen molar-refractivity contribution in [3.63, 3.8) is 0 Å². The van der Waals surface area contributed by atoms with E-state index in [1.54, 1.807) is 0 Å². The van der Waals surface area contributed by atoms with Gasteiger partial charge in [0.15, 0.2) is 5.75 Å². The van der Waals surface area contributed by atoms with Gasteiger partial charge in [-0.1, -0.05) is 13.8 Å². The van der Waals surface area contributed by atoms with Crippen LogP contribution in [0.4, 0.5) is 11.6 Å². The van der Waals surface area contributed by atoms with Crippen LogP contribution < -0.4 is 10.2 Å². The lowest BCUT2D eigenvalue weighted by atomic mass is 9.92. The average molecular weight is 384 g/mol. The zero-order chi connectivity index (χ0) is 19.5. The summed E-state index contributed by atoms with van der Waals surface area (Å²) in [6, 6.07) is 5.80. The van der Waals surface area contributed by atoms with Crippen molar-refractivity contribution in [2.24, 2.45) is 5.92 Å². The van der Waals surface area contributed by atoms with Gasteiger partial charge in [-0.05, 0) is 48.9 Å². The van der Waals surface area contributed by atoms with Crippen molar-refractivity contribution >= 4 is 22.6 Å². The lowest BCUT2D eigenvalue weighted by Crippen LogP contribution is -2.34. The van der Waals surface area contributed by atoms with Crippen LogP contribution in [-0.4, -0.2) is 34.9 Å². The molecule has 0 atom stereocenters. The second kappa shape index (κ2) is 8.12. The van der Waals surface area contributed by atoms with Crippen LogP contribution in [0.15, 0.2) is 33.4 Å². The molecule has 1 aromatic carbocycles. The lowest BCUT2D eigenvalue weighted by molar-refractivity contribution is 0.354. The van der Waals surface area contributed by atoms with Crippen molar-refractivity contribution < 1.29 is 14.0 Å². The normalized spacial score (nSPS) is 15.6. The molecule has 7 nitrogen and oxygen atoms in total. The highest BCUT2D eigenvalue weighted by Crippen LogP contribution is 2.29. The van der Waals surface area contributed by atoms with Gasteiger partial charge in [0.05, 0.1) is 5.39 Å². The lowest BCUT2D eigenvalue weighted by Gasteiger charge is -2.30. The molecule has 0 spiro atoms. The Morgan fingerprint density at radius 3 is 2.86 bits per heavy atom.